The Labute approximate surface area is 176 Å². The van der Waals surface area contributed by atoms with E-state index >= 15 is 0 Å². The molecule has 2 aromatic carbocycles. The van der Waals surface area contributed by atoms with E-state index < -0.39 is 0 Å². The Kier molecular flexibility index (Phi) is 7.61. The molecule has 0 saturated carbocycles. The van der Waals surface area contributed by atoms with Crippen LogP contribution < -0.4 is 14.5 Å². The summed E-state index contributed by atoms with van der Waals surface area (Å²) < 4.78 is 6.78. The van der Waals surface area contributed by atoms with Crippen LogP contribution >= 0.6 is 11.3 Å². The zero-order chi connectivity index (χ0) is 20.6. The van der Waals surface area contributed by atoms with Gasteiger partial charge in [-0.2, -0.15) is 0 Å². The number of thiazole rings is 1. The lowest BCUT2D eigenvalue weighted by atomic mass is 10.1. The molecule has 3 rings (SSSR count). The smallest absolute Gasteiger partial charge is 0.233 e. The number of hydrogen-bond donors (Lipinski definition) is 1. The van der Waals surface area contributed by atoms with Crippen molar-refractivity contribution in [3.8, 4) is 5.75 Å². The molecule has 1 N–H and O–H groups in total. The van der Waals surface area contributed by atoms with Gasteiger partial charge in [-0.15, -0.1) is 0 Å². The van der Waals surface area contributed by atoms with E-state index in [-0.39, 0.29) is 5.91 Å². The molecule has 3 aromatic rings. The number of nitrogens with one attached hydrogen (secondary N) is 1. The Morgan fingerprint density at radius 2 is 1.83 bits per heavy atom. The first kappa shape index (κ1) is 21.3. The van der Waals surface area contributed by atoms with E-state index in [2.05, 4.69) is 13.8 Å². The van der Waals surface area contributed by atoms with Gasteiger partial charge in [-0.05, 0) is 38.5 Å². The third-order valence-electron chi connectivity index (χ3n) is 5.09. The van der Waals surface area contributed by atoms with E-state index in [1.165, 1.54) is 4.90 Å². The number of carbonyl (C=O) groups is 1. The van der Waals surface area contributed by atoms with E-state index in [0.717, 1.165) is 46.3 Å². The van der Waals surface area contributed by atoms with Crippen LogP contribution in [0.1, 0.15) is 26.3 Å². The van der Waals surface area contributed by atoms with Crippen LogP contribution in [0, 0.1) is 0 Å². The van der Waals surface area contributed by atoms with Gasteiger partial charge in [-0.25, -0.2) is 4.98 Å². The van der Waals surface area contributed by atoms with Crippen molar-refractivity contribution >= 4 is 32.6 Å². The molecule has 0 aliphatic rings. The summed E-state index contributed by atoms with van der Waals surface area (Å²) in [5.74, 6) is 0.858. The number of hydrogen-bond acceptors (Lipinski definition) is 4. The van der Waals surface area contributed by atoms with Gasteiger partial charge in [0.2, 0.25) is 5.91 Å². The molecule has 0 unspecified atom stereocenters. The monoisotopic (exact) mass is 412 g/mol. The van der Waals surface area contributed by atoms with Crippen molar-refractivity contribution in [2.24, 2.45) is 0 Å². The lowest BCUT2D eigenvalue weighted by Crippen LogP contribution is -3.12. The number of nitrogens with zero attached hydrogens (tertiary/aromatic N) is 2. The number of anilines is 1. The molecule has 1 aromatic heterocycles. The summed E-state index contributed by atoms with van der Waals surface area (Å²) in [6.07, 6.45) is 0.378. The third-order valence-corrected chi connectivity index (χ3v) is 6.13. The lowest BCUT2D eigenvalue weighted by molar-refractivity contribution is -0.894. The van der Waals surface area contributed by atoms with Crippen LogP contribution in [0.3, 0.4) is 0 Å². The molecule has 29 heavy (non-hydrogen) atoms. The number of quaternary nitrogens is 1. The fourth-order valence-electron chi connectivity index (χ4n) is 3.37. The molecule has 0 fully saturated rings. The minimum atomic E-state index is 0.0831. The van der Waals surface area contributed by atoms with Gasteiger partial charge in [0, 0.05) is 0 Å². The first-order valence-electron chi connectivity index (χ1n) is 10.4. The highest BCUT2D eigenvalue weighted by Crippen LogP contribution is 2.34. The molecular weight excluding hydrogens is 382 g/mol. The molecule has 5 nitrogen and oxygen atoms in total. The van der Waals surface area contributed by atoms with Crippen molar-refractivity contribution in [2.75, 3.05) is 37.7 Å². The lowest BCUT2D eigenvalue weighted by Gasteiger charge is -2.23. The minimum absolute atomic E-state index is 0.0831. The maximum atomic E-state index is 13.2. The molecule has 0 atom stereocenters. The molecule has 0 aliphatic carbocycles. The number of carbonyl (C=O) groups excluding carboxylic acids is 1. The molecule has 1 heterocycles. The van der Waals surface area contributed by atoms with Crippen molar-refractivity contribution in [3.63, 3.8) is 0 Å². The topological polar surface area (TPSA) is 46.9 Å². The molecule has 0 saturated heterocycles. The van der Waals surface area contributed by atoms with Crippen LogP contribution in [0.2, 0.25) is 0 Å². The minimum Gasteiger partial charge on any atom is -0.492 e. The van der Waals surface area contributed by atoms with Crippen molar-refractivity contribution in [3.05, 3.63) is 54.1 Å². The molecule has 0 aliphatic heterocycles. The van der Waals surface area contributed by atoms with E-state index in [9.17, 15) is 4.79 Å². The van der Waals surface area contributed by atoms with Crippen LogP contribution in [0.4, 0.5) is 5.13 Å². The third kappa shape index (κ3) is 5.34. The summed E-state index contributed by atoms with van der Waals surface area (Å²) in [6, 6.07) is 15.9. The Bertz CT molecular complexity index is 922. The fourth-order valence-corrected chi connectivity index (χ4v) is 4.39. The van der Waals surface area contributed by atoms with Gasteiger partial charge in [0.15, 0.2) is 5.13 Å². The second-order valence-electron chi connectivity index (χ2n) is 6.95. The summed E-state index contributed by atoms with van der Waals surface area (Å²) in [7, 11) is 0. The van der Waals surface area contributed by atoms with Crippen molar-refractivity contribution < 1.29 is 14.4 Å². The average Bonchev–Trinajstić information content (AvgIpc) is 3.17. The molecule has 0 radical (unpaired) electrons. The van der Waals surface area contributed by atoms with Crippen LogP contribution in [-0.2, 0) is 11.2 Å². The zero-order valence-electron chi connectivity index (χ0n) is 17.5. The summed E-state index contributed by atoms with van der Waals surface area (Å²) in [5, 5.41) is 0.750. The Balaban J connectivity index is 1.90. The number of benzene rings is 2. The second kappa shape index (κ2) is 10.4. The predicted octanol–water partition coefficient (Wildman–Crippen LogP) is 3.20. The predicted molar refractivity (Wildman–Crippen MR) is 120 cm³/mol. The molecular formula is C23H30N3O2S+. The Morgan fingerprint density at radius 1 is 1.07 bits per heavy atom. The summed E-state index contributed by atoms with van der Waals surface area (Å²) in [5.41, 5.74) is 1.86. The first-order valence-corrected chi connectivity index (χ1v) is 11.2. The van der Waals surface area contributed by atoms with Crippen LogP contribution in [0.5, 0.6) is 5.75 Å². The standard InChI is InChI=1S/C23H29N3O2S/c1-4-25(5-2)15-16-26(21(27)17-18-11-8-7-9-12-18)23-24-22-19(28-6-3)13-10-14-20(22)29-23/h7-14H,4-6,15-17H2,1-3H3/p+1. The Morgan fingerprint density at radius 3 is 2.52 bits per heavy atom. The van der Waals surface area contributed by atoms with Gasteiger partial charge in [-0.1, -0.05) is 47.7 Å². The van der Waals surface area contributed by atoms with E-state index in [0.29, 0.717) is 19.6 Å². The van der Waals surface area contributed by atoms with Gasteiger partial charge in [0.1, 0.15) is 11.3 Å². The summed E-state index contributed by atoms with van der Waals surface area (Å²) in [6.45, 7) is 10.6. The van der Waals surface area contributed by atoms with Crippen molar-refractivity contribution in [1.82, 2.24) is 4.98 Å². The van der Waals surface area contributed by atoms with Crippen LogP contribution in [0.15, 0.2) is 48.5 Å². The number of ether oxygens (including phenoxy) is 1. The highest BCUT2D eigenvalue weighted by molar-refractivity contribution is 7.22. The first-order chi connectivity index (χ1) is 14.2. The van der Waals surface area contributed by atoms with Gasteiger partial charge >= 0.3 is 0 Å². The molecule has 0 bridgehead atoms. The number of fused-ring (bicyclic) bond motifs is 1. The van der Waals surface area contributed by atoms with Gasteiger partial charge < -0.3 is 9.64 Å². The number of likely N-dealkylation sites (N-methyl/N-ethyl adjacent to an activating group) is 1. The quantitative estimate of drug-likeness (QED) is 0.556. The normalized spacial score (nSPS) is 11.2. The zero-order valence-corrected chi connectivity index (χ0v) is 18.3. The van der Waals surface area contributed by atoms with Gasteiger partial charge in [0.05, 0.1) is 43.9 Å². The van der Waals surface area contributed by atoms with Gasteiger partial charge in [0.25, 0.3) is 0 Å². The largest absolute Gasteiger partial charge is 0.492 e. The van der Waals surface area contributed by atoms with Crippen molar-refractivity contribution in [2.45, 2.75) is 27.2 Å². The highest BCUT2D eigenvalue weighted by Gasteiger charge is 2.22. The second-order valence-corrected chi connectivity index (χ2v) is 7.96. The van der Waals surface area contributed by atoms with E-state index in [4.69, 9.17) is 9.72 Å². The maximum Gasteiger partial charge on any atom is 0.233 e. The fraction of sp³-hybridized carbons (Fsp3) is 0.391. The van der Waals surface area contributed by atoms with Gasteiger partial charge in [-0.3, -0.25) is 9.69 Å². The van der Waals surface area contributed by atoms with Crippen molar-refractivity contribution in [1.29, 1.82) is 0 Å². The van der Waals surface area contributed by atoms with E-state index in [1.807, 2.05) is 60.4 Å². The average molecular weight is 413 g/mol. The summed E-state index contributed by atoms with van der Waals surface area (Å²) >= 11 is 1.56. The number of aromatic nitrogens is 1. The SMILES string of the molecule is CCOc1cccc2sc(N(CC[NH+](CC)CC)C(=O)Cc3ccccc3)nc12. The van der Waals surface area contributed by atoms with E-state index in [1.54, 1.807) is 11.3 Å². The molecule has 0 spiro atoms. The highest BCUT2D eigenvalue weighted by atomic mass is 32.1. The molecule has 6 heteroatoms. The molecule has 154 valence electrons. The maximum absolute atomic E-state index is 13.2. The van der Waals surface area contributed by atoms with Crippen LogP contribution in [-0.4, -0.2) is 43.7 Å². The van der Waals surface area contributed by atoms with Crippen LogP contribution in [0.25, 0.3) is 10.2 Å². The Hall–Kier alpha value is -2.44. The number of para-hydroxylation sites is 1. The number of amides is 1. The summed E-state index contributed by atoms with van der Waals surface area (Å²) in [4.78, 5) is 21.4. The molecule has 1 amide bonds. The number of rotatable bonds is 10.